The summed E-state index contributed by atoms with van der Waals surface area (Å²) in [6, 6.07) is 14.6. The minimum Gasteiger partial charge on any atom is -0.276 e. The van der Waals surface area contributed by atoms with Crippen molar-refractivity contribution in [2.45, 2.75) is 6.92 Å². The molecule has 2 saturated heterocycles. The second-order valence-corrected chi connectivity index (χ2v) is 7.87. The van der Waals surface area contributed by atoms with E-state index in [0.29, 0.717) is 16.9 Å². The molecular formula is C26H20N4O6. The molecule has 0 spiro atoms. The molecule has 2 aromatic carbocycles. The van der Waals surface area contributed by atoms with Crippen LogP contribution < -0.4 is 20.4 Å². The van der Waals surface area contributed by atoms with E-state index in [4.69, 9.17) is 0 Å². The molecule has 10 heteroatoms. The molecule has 1 atom stereocenters. The van der Waals surface area contributed by atoms with Crippen LogP contribution in [-0.2, 0) is 19.2 Å². The smallest absolute Gasteiger partial charge is 0.276 e. The molecule has 8 amide bonds. The van der Waals surface area contributed by atoms with Gasteiger partial charge in [-0.05, 0) is 37.3 Å². The highest BCUT2D eigenvalue weighted by atomic mass is 16.2. The minimum absolute atomic E-state index is 0.265. The molecule has 2 heterocycles. The van der Waals surface area contributed by atoms with Gasteiger partial charge in [-0.1, -0.05) is 60.2 Å². The number of hydrogen-bond acceptors (Lipinski definition) is 6. The van der Waals surface area contributed by atoms with E-state index in [1.54, 1.807) is 67.6 Å². The number of anilines is 2. The maximum atomic E-state index is 12.9. The summed E-state index contributed by atoms with van der Waals surface area (Å²) in [5, 5.41) is 4.29. The van der Waals surface area contributed by atoms with E-state index >= 15 is 0 Å². The fourth-order valence-electron chi connectivity index (χ4n) is 3.59. The fourth-order valence-corrected chi connectivity index (χ4v) is 3.59. The number of carbonyl (C=O) groups is 6. The molecule has 180 valence electrons. The normalized spacial score (nSPS) is 20.3. The topological polar surface area (TPSA) is 133 Å². The van der Waals surface area contributed by atoms with E-state index < -0.39 is 41.6 Å². The highest BCUT2D eigenvalue weighted by Gasteiger charge is 2.40. The summed E-state index contributed by atoms with van der Waals surface area (Å²) in [6.07, 6.45) is 5.48. The van der Waals surface area contributed by atoms with Crippen molar-refractivity contribution in [3.63, 3.8) is 0 Å². The van der Waals surface area contributed by atoms with Crippen molar-refractivity contribution in [1.29, 1.82) is 0 Å². The third-order valence-electron chi connectivity index (χ3n) is 5.40. The monoisotopic (exact) mass is 484 g/mol. The van der Waals surface area contributed by atoms with Crippen LogP contribution in [0, 0.1) is 5.92 Å². The third kappa shape index (κ3) is 4.73. The average Bonchev–Trinajstić information content (AvgIpc) is 2.84. The maximum Gasteiger partial charge on any atom is 0.335 e. The highest BCUT2D eigenvalue weighted by Crippen LogP contribution is 2.22. The molecule has 4 rings (SSSR count). The number of amides is 8. The number of nitrogens with zero attached hydrogens (tertiary/aromatic N) is 2. The first-order chi connectivity index (χ1) is 17.3. The number of urea groups is 2. The van der Waals surface area contributed by atoms with Gasteiger partial charge in [-0.2, -0.15) is 0 Å². The molecule has 0 aromatic heterocycles. The number of barbiturate groups is 2. The molecule has 2 aromatic rings. The van der Waals surface area contributed by atoms with Gasteiger partial charge in [0.05, 0.1) is 11.4 Å². The van der Waals surface area contributed by atoms with E-state index in [1.807, 2.05) is 0 Å². The fraction of sp³-hybridized carbons (Fsp3) is 0.0769. The molecule has 0 aliphatic carbocycles. The summed E-state index contributed by atoms with van der Waals surface area (Å²) >= 11 is 0. The maximum absolute atomic E-state index is 12.9. The van der Waals surface area contributed by atoms with Gasteiger partial charge in [0, 0.05) is 0 Å². The molecule has 0 saturated carbocycles. The van der Waals surface area contributed by atoms with E-state index in [2.05, 4.69) is 10.6 Å². The van der Waals surface area contributed by atoms with Crippen molar-refractivity contribution in [3.05, 3.63) is 96.1 Å². The second-order valence-electron chi connectivity index (χ2n) is 7.87. The van der Waals surface area contributed by atoms with Crippen LogP contribution in [0.4, 0.5) is 21.0 Å². The first-order valence-electron chi connectivity index (χ1n) is 10.8. The van der Waals surface area contributed by atoms with E-state index in [1.165, 1.54) is 24.3 Å². The molecule has 1 unspecified atom stereocenters. The standard InChI is InChI=1S/C26H20N4O6/c1-16(12-14-19-21(31)27-25(35)29(23(19)33)17-8-4-2-5-9-17)13-15-20-22(32)28-26(36)30(24(20)34)18-10-6-3-7-11-18/h2-15,19H,1H3,(H,27,31,35)(H,28,32,36). The Morgan fingerprint density at radius 1 is 0.778 bits per heavy atom. The lowest BCUT2D eigenvalue weighted by Crippen LogP contribution is -2.57. The van der Waals surface area contributed by atoms with Crippen LogP contribution in [-0.4, -0.2) is 35.7 Å². The Morgan fingerprint density at radius 3 is 1.94 bits per heavy atom. The molecule has 0 bridgehead atoms. The van der Waals surface area contributed by atoms with Crippen LogP contribution in [0.25, 0.3) is 0 Å². The van der Waals surface area contributed by atoms with Crippen molar-refractivity contribution in [3.8, 4) is 0 Å². The van der Waals surface area contributed by atoms with Gasteiger partial charge in [0.1, 0.15) is 11.5 Å². The van der Waals surface area contributed by atoms with E-state index in [0.717, 1.165) is 9.80 Å². The molecular weight excluding hydrogens is 464 g/mol. The summed E-state index contributed by atoms with van der Waals surface area (Å²) < 4.78 is 0. The van der Waals surface area contributed by atoms with Crippen LogP contribution in [0.5, 0.6) is 0 Å². The van der Waals surface area contributed by atoms with Crippen molar-refractivity contribution in [2.75, 3.05) is 9.80 Å². The Morgan fingerprint density at radius 2 is 1.33 bits per heavy atom. The number of carbonyl (C=O) groups excluding carboxylic acids is 6. The number of allylic oxidation sites excluding steroid dienone is 4. The number of nitrogens with one attached hydrogen (secondary N) is 2. The van der Waals surface area contributed by atoms with E-state index in [9.17, 15) is 28.8 Å². The van der Waals surface area contributed by atoms with Gasteiger partial charge in [0.25, 0.3) is 17.7 Å². The zero-order valence-corrected chi connectivity index (χ0v) is 19.0. The number of hydrogen-bond donors (Lipinski definition) is 2. The van der Waals surface area contributed by atoms with Gasteiger partial charge in [-0.25, -0.2) is 19.4 Å². The van der Waals surface area contributed by atoms with Gasteiger partial charge in [0.2, 0.25) is 5.91 Å². The summed E-state index contributed by atoms with van der Waals surface area (Å²) in [4.78, 5) is 76.5. The zero-order valence-electron chi connectivity index (χ0n) is 19.0. The quantitative estimate of drug-likeness (QED) is 0.290. The molecule has 10 nitrogen and oxygen atoms in total. The minimum atomic E-state index is -1.26. The largest absolute Gasteiger partial charge is 0.335 e. The lowest BCUT2D eigenvalue weighted by Gasteiger charge is -2.28. The lowest BCUT2D eigenvalue weighted by molar-refractivity contribution is -0.132. The number of benzene rings is 2. The second kappa shape index (κ2) is 10.0. The summed E-state index contributed by atoms with van der Waals surface area (Å²) in [6.45, 7) is 1.63. The first kappa shape index (κ1) is 24.0. The van der Waals surface area contributed by atoms with Gasteiger partial charge in [-0.15, -0.1) is 0 Å². The number of imide groups is 4. The molecule has 36 heavy (non-hydrogen) atoms. The van der Waals surface area contributed by atoms with Gasteiger partial charge < -0.3 is 0 Å². The Bertz CT molecular complexity index is 1360. The Kier molecular flexibility index (Phi) is 6.68. The third-order valence-corrected chi connectivity index (χ3v) is 5.40. The van der Waals surface area contributed by atoms with Gasteiger partial charge >= 0.3 is 12.1 Å². The van der Waals surface area contributed by atoms with Crippen molar-refractivity contribution in [2.24, 2.45) is 5.92 Å². The van der Waals surface area contributed by atoms with Gasteiger partial charge in [-0.3, -0.25) is 29.8 Å². The summed E-state index contributed by atoms with van der Waals surface area (Å²) in [7, 11) is 0. The first-order valence-corrected chi connectivity index (χ1v) is 10.8. The summed E-state index contributed by atoms with van der Waals surface area (Å²) in [5.74, 6) is -4.37. The Hall–Kier alpha value is -5.12. The zero-order chi connectivity index (χ0) is 25.8. The number of rotatable bonds is 5. The molecule has 2 aliphatic rings. The lowest BCUT2D eigenvalue weighted by atomic mass is 10.0. The van der Waals surface area contributed by atoms with Crippen molar-refractivity contribution < 1.29 is 28.8 Å². The predicted octanol–water partition coefficient (Wildman–Crippen LogP) is 2.60. The summed E-state index contributed by atoms with van der Waals surface area (Å²) in [5.41, 5.74) is 0.856. The average molecular weight is 484 g/mol. The van der Waals surface area contributed by atoms with Crippen LogP contribution >= 0.6 is 0 Å². The Balaban J connectivity index is 1.54. The SMILES string of the molecule is CC(C=CC1C(=O)NC(=O)N(c2ccccc2)C1=O)=CC=C1C(=O)NC(=O)N(c2ccccc2)C1=O. The molecule has 2 fully saturated rings. The van der Waals surface area contributed by atoms with Crippen molar-refractivity contribution in [1.82, 2.24) is 10.6 Å². The molecule has 2 N–H and O–H groups in total. The number of para-hydroxylation sites is 2. The van der Waals surface area contributed by atoms with Crippen LogP contribution in [0.15, 0.2) is 96.1 Å². The Labute approximate surface area is 205 Å². The van der Waals surface area contributed by atoms with Crippen LogP contribution in [0.3, 0.4) is 0 Å². The predicted molar refractivity (Wildman–Crippen MR) is 129 cm³/mol. The van der Waals surface area contributed by atoms with Crippen LogP contribution in [0.1, 0.15) is 6.92 Å². The molecule has 0 radical (unpaired) electrons. The van der Waals surface area contributed by atoms with Gasteiger partial charge in [0.15, 0.2) is 0 Å². The van der Waals surface area contributed by atoms with Crippen LogP contribution in [0.2, 0.25) is 0 Å². The highest BCUT2D eigenvalue weighted by molar-refractivity contribution is 6.37. The van der Waals surface area contributed by atoms with Crippen molar-refractivity contribution >= 4 is 47.1 Å². The van der Waals surface area contributed by atoms with E-state index in [-0.39, 0.29) is 5.57 Å². The molecule has 2 aliphatic heterocycles.